The van der Waals surface area contributed by atoms with Crippen LogP contribution in [0.25, 0.3) is 0 Å². The van der Waals surface area contributed by atoms with E-state index in [1.165, 1.54) is 40.9 Å². The van der Waals surface area contributed by atoms with Gasteiger partial charge in [0.2, 0.25) is 5.91 Å². The lowest BCUT2D eigenvalue weighted by molar-refractivity contribution is -0.137. The number of nitrogens with one attached hydrogen (secondary N) is 1. The standard InChI is InChI=1S/C23H22F4N2O4S2/c1-35(32,33)16-4-2-3-14(9-16)22(31)29-12-34-11-19(29)21(30)28-20(13-5-6-13)17-8-7-15(10-18(17)24)23(25,26)27/h2-4,7-10,13,19-20H,5-6,11-12H2,1H3,(H,28,30)/t19-,20-/m1/s1. The van der Waals surface area contributed by atoms with Gasteiger partial charge in [0.15, 0.2) is 9.84 Å². The Hall–Kier alpha value is -2.60. The molecule has 1 heterocycles. The number of carbonyl (C=O) groups excluding carboxylic acids is 2. The summed E-state index contributed by atoms with van der Waals surface area (Å²) in [7, 11) is -3.54. The van der Waals surface area contributed by atoms with Crippen LogP contribution >= 0.6 is 11.8 Å². The maximum Gasteiger partial charge on any atom is 0.416 e. The fourth-order valence-corrected chi connectivity index (χ4v) is 5.79. The van der Waals surface area contributed by atoms with Crippen molar-refractivity contribution in [2.75, 3.05) is 17.9 Å². The molecule has 2 amide bonds. The van der Waals surface area contributed by atoms with Crippen LogP contribution in [0.4, 0.5) is 17.6 Å². The number of rotatable bonds is 6. The SMILES string of the molecule is CS(=O)(=O)c1cccc(C(=O)N2CSC[C@@H]2C(=O)N[C@@H](c2ccc(C(F)(F)F)cc2F)C2CC2)c1. The smallest absolute Gasteiger partial charge is 0.347 e. The molecule has 4 rings (SSSR count). The van der Waals surface area contributed by atoms with Gasteiger partial charge in [-0.1, -0.05) is 12.1 Å². The number of sulfone groups is 1. The average Bonchev–Trinajstić information content (AvgIpc) is 3.51. The molecule has 0 spiro atoms. The third kappa shape index (κ3) is 5.64. The van der Waals surface area contributed by atoms with Crippen molar-refractivity contribution in [3.8, 4) is 0 Å². The van der Waals surface area contributed by atoms with E-state index in [0.717, 1.165) is 18.4 Å². The van der Waals surface area contributed by atoms with Gasteiger partial charge in [-0.15, -0.1) is 11.8 Å². The van der Waals surface area contributed by atoms with E-state index in [9.17, 15) is 35.6 Å². The molecule has 35 heavy (non-hydrogen) atoms. The molecular formula is C23H22F4N2O4S2. The molecular weight excluding hydrogens is 508 g/mol. The molecule has 188 valence electrons. The number of halogens is 4. The second-order valence-corrected chi connectivity index (χ2v) is 11.7. The number of carbonyl (C=O) groups is 2. The van der Waals surface area contributed by atoms with Crippen molar-refractivity contribution in [3.05, 3.63) is 65.0 Å². The highest BCUT2D eigenvalue weighted by Gasteiger charge is 2.41. The van der Waals surface area contributed by atoms with Crippen LogP contribution in [-0.2, 0) is 20.8 Å². The van der Waals surface area contributed by atoms with Crippen molar-refractivity contribution in [2.24, 2.45) is 5.92 Å². The summed E-state index contributed by atoms with van der Waals surface area (Å²) < 4.78 is 77.1. The van der Waals surface area contributed by atoms with Gasteiger partial charge >= 0.3 is 6.18 Å². The van der Waals surface area contributed by atoms with E-state index in [4.69, 9.17) is 0 Å². The molecule has 2 aliphatic rings. The normalized spacial score (nSPS) is 19.5. The Kier molecular flexibility index (Phi) is 6.89. The Morgan fingerprint density at radius 1 is 1.14 bits per heavy atom. The summed E-state index contributed by atoms with van der Waals surface area (Å²) in [6.45, 7) is 0. The first-order valence-corrected chi connectivity index (χ1v) is 13.8. The summed E-state index contributed by atoms with van der Waals surface area (Å²) in [5.41, 5.74) is -1.03. The topological polar surface area (TPSA) is 83.6 Å². The second-order valence-electron chi connectivity index (χ2n) is 8.65. The highest BCUT2D eigenvalue weighted by atomic mass is 32.2. The number of benzene rings is 2. The molecule has 0 radical (unpaired) electrons. The fraction of sp³-hybridized carbons (Fsp3) is 0.391. The summed E-state index contributed by atoms with van der Waals surface area (Å²) in [5, 5.41) is 2.74. The highest BCUT2D eigenvalue weighted by molar-refractivity contribution is 7.99. The van der Waals surface area contributed by atoms with E-state index in [-0.39, 0.29) is 33.6 Å². The van der Waals surface area contributed by atoms with E-state index in [1.807, 2.05) is 0 Å². The summed E-state index contributed by atoms with van der Waals surface area (Å²) in [6, 6.07) is 6.06. The van der Waals surface area contributed by atoms with Crippen molar-refractivity contribution in [1.29, 1.82) is 0 Å². The Labute approximate surface area is 204 Å². The van der Waals surface area contributed by atoms with E-state index < -0.39 is 51.3 Å². The van der Waals surface area contributed by atoms with Crippen LogP contribution in [-0.4, -0.2) is 49.1 Å². The molecule has 0 bridgehead atoms. The van der Waals surface area contributed by atoms with Gasteiger partial charge in [-0.05, 0) is 49.1 Å². The number of hydrogen-bond acceptors (Lipinski definition) is 5. The molecule has 0 aromatic heterocycles. The second kappa shape index (κ2) is 9.45. The summed E-state index contributed by atoms with van der Waals surface area (Å²) >= 11 is 1.33. The lowest BCUT2D eigenvalue weighted by Crippen LogP contribution is -2.48. The Morgan fingerprint density at radius 2 is 1.86 bits per heavy atom. The van der Waals surface area contributed by atoms with E-state index in [2.05, 4.69) is 5.32 Å². The van der Waals surface area contributed by atoms with Crippen LogP contribution in [0.5, 0.6) is 0 Å². The van der Waals surface area contributed by atoms with Crippen molar-refractivity contribution in [3.63, 3.8) is 0 Å². The molecule has 1 aliphatic heterocycles. The Bertz CT molecular complexity index is 1260. The van der Waals surface area contributed by atoms with Gasteiger partial charge in [0, 0.05) is 23.1 Å². The predicted octanol–water partition coefficient (Wildman–Crippen LogP) is 4.03. The van der Waals surface area contributed by atoms with Crippen LogP contribution in [0.1, 0.15) is 40.4 Å². The molecule has 2 aromatic carbocycles. The lowest BCUT2D eigenvalue weighted by Gasteiger charge is -2.27. The van der Waals surface area contributed by atoms with E-state index >= 15 is 0 Å². The number of thioether (sulfide) groups is 1. The van der Waals surface area contributed by atoms with Crippen LogP contribution < -0.4 is 5.32 Å². The van der Waals surface area contributed by atoms with Gasteiger partial charge < -0.3 is 10.2 Å². The minimum Gasteiger partial charge on any atom is -0.347 e. The summed E-state index contributed by atoms with van der Waals surface area (Å²) in [4.78, 5) is 27.5. The van der Waals surface area contributed by atoms with Gasteiger partial charge in [0.05, 0.1) is 22.4 Å². The van der Waals surface area contributed by atoms with Gasteiger partial charge in [-0.2, -0.15) is 13.2 Å². The molecule has 12 heteroatoms. The minimum atomic E-state index is -4.69. The molecule has 2 fully saturated rings. The molecule has 1 saturated carbocycles. The van der Waals surface area contributed by atoms with Crippen molar-refractivity contribution >= 4 is 33.4 Å². The third-order valence-electron chi connectivity index (χ3n) is 6.01. The van der Waals surface area contributed by atoms with Crippen molar-refractivity contribution < 1.29 is 35.6 Å². The Balaban J connectivity index is 1.54. The maximum atomic E-state index is 14.6. The van der Waals surface area contributed by atoms with Crippen LogP contribution in [0.2, 0.25) is 0 Å². The molecule has 0 unspecified atom stereocenters. The van der Waals surface area contributed by atoms with Crippen molar-refractivity contribution in [2.45, 2.75) is 36.0 Å². The largest absolute Gasteiger partial charge is 0.416 e. The molecule has 1 N–H and O–H groups in total. The molecule has 1 saturated heterocycles. The van der Waals surface area contributed by atoms with Crippen LogP contribution in [0, 0.1) is 11.7 Å². The first-order valence-electron chi connectivity index (χ1n) is 10.7. The van der Waals surface area contributed by atoms with Gasteiger partial charge in [0.25, 0.3) is 5.91 Å². The summed E-state index contributed by atoms with van der Waals surface area (Å²) in [6.07, 6.45) is -2.29. The number of nitrogens with zero attached hydrogens (tertiary/aromatic N) is 1. The lowest BCUT2D eigenvalue weighted by atomic mass is 9.99. The van der Waals surface area contributed by atoms with Gasteiger partial charge in [-0.3, -0.25) is 9.59 Å². The number of alkyl halides is 3. The third-order valence-corrected chi connectivity index (χ3v) is 8.13. The molecule has 2 aromatic rings. The summed E-state index contributed by atoms with van der Waals surface area (Å²) in [5.74, 6) is -1.76. The zero-order valence-corrected chi connectivity index (χ0v) is 20.1. The van der Waals surface area contributed by atoms with Gasteiger partial charge in [0.1, 0.15) is 11.9 Å². The zero-order chi connectivity index (χ0) is 25.5. The van der Waals surface area contributed by atoms with E-state index in [1.54, 1.807) is 0 Å². The van der Waals surface area contributed by atoms with Crippen LogP contribution in [0.15, 0.2) is 47.4 Å². The molecule has 6 nitrogen and oxygen atoms in total. The first kappa shape index (κ1) is 25.5. The predicted molar refractivity (Wildman–Crippen MR) is 122 cm³/mol. The Morgan fingerprint density at radius 3 is 2.46 bits per heavy atom. The number of amides is 2. The number of hydrogen-bond donors (Lipinski definition) is 1. The maximum absolute atomic E-state index is 14.6. The molecule has 1 aliphatic carbocycles. The first-order chi connectivity index (χ1) is 16.4. The quantitative estimate of drug-likeness (QED) is 0.571. The van der Waals surface area contributed by atoms with Gasteiger partial charge in [-0.25, -0.2) is 12.8 Å². The molecule has 2 atom stereocenters. The monoisotopic (exact) mass is 530 g/mol. The van der Waals surface area contributed by atoms with Crippen LogP contribution in [0.3, 0.4) is 0 Å². The minimum absolute atomic E-state index is 0.0252. The van der Waals surface area contributed by atoms with Crippen molar-refractivity contribution in [1.82, 2.24) is 10.2 Å². The highest BCUT2D eigenvalue weighted by Crippen LogP contribution is 2.43. The fourth-order valence-electron chi connectivity index (χ4n) is 3.97. The van der Waals surface area contributed by atoms with E-state index in [0.29, 0.717) is 18.9 Å². The average molecular weight is 531 g/mol. The zero-order valence-electron chi connectivity index (χ0n) is 18.5.